The lowest BCUT2D eigenvalue weighted by Gasteiger charge is -2.01. The first-order chi connectivity index (χ1) is 9.05. The van der Waals surface area contributed by atoms with Gasteiger partial charge in [0.2, 0.25) is 0 Å². The largest absolute Gasteiger partial charge is 0.328 e. The van der Waals surface area contributed by atoms with Crippen LogP contribution in [0.5, 0.6) is 0 Å². The zero-order valence-electron chi connectivity index (χ0n) is 10.1. The number of hydrogen-bond acceptors (Lipinski definition) is 3. The summed E-state index contributed by atoms with van der Waals surface area (Å²) in [5.41, 5.74) is 2.82. The van der Waals surface area contributed by atoms with E-state index >= 15 is 0 Å². The van der Waals surface area contributed by atoms with Gasteiger partial charge in [0.05, 0.1) is 11.0 Å². The van der Waals surface area contributed by atoms with Gasteiger partial charge in [-0.05, 0) is 11.6 Å². The Morgan fingerprint density at radius 2 is 1.70 bits per heavy atom. The number of hydrogen-bond donors (Lipinski definition) is 2. The number of aromatic amines is 1. The minimum atomic E-state index is -4.33. The lowest BCUT2D eigenvalue weighted by atomic mass is 10.0. The average Bonchev–Trinajstić information content (AvgIpc) is 2.83. The lowest BCUT2D eigenvalue weighted by Crippen LogP contribution is -1.99. The summed E-state index contributed by atoms with van der Waals surface area (Å²) in [5.74, 6) is 0. The molecule has 1 heterocycles. The predicted molar refractivity (Wildman–Crippen MR) is 73.8 cm³/mol. The number of aromatic nitrogens is 2. The maximum absolute atomic E-state index is 11.1. The van der Waals surface area contributed by atoms with E-state index in [2.05, 4.69) is 9.97 Å². The summed E-state index contributed by atoms with van der Waals surface area (Å²) < 4.78 is 31.3. The number of rotatable bonds is 2. The molecule has 3 rings (SSSR count). The van der Waals surface area contributed by atoms with Crippen molar-refractivity contribution in [1.82, 2.24) is 9.97 Å². The molecule has 0 unspecified atom stereocenters. The van der Waals surface area contributed by atoms with E-state index in [0.29, 0.717) is 11.0 Å². The molecule has 3 aromatic rings. The Hall–Kier alpha value is -2.25. The van der Waals surface area contributed by atoms with Gasteiger partial charge in [0.25, 0.3) is 5.16 Å². The van der Waals surface area contributed by atoms with Crippen molar-refractivity contribution in [3.63, 3.8) is 0 Å². The van der Waals surface area contributed by atoms with Crippen molar-refractivity contribution in [1.29, 1.82) is 0 Å². The van der Waals surface area contributed by atoms with E-state index in [-0.39, 0.29) is 4.70 Å². The Kier molecular flexibility index (Phi) is 3.56. The summed E-state index contributed by atoms with van der Waals surface area (Å²) in [6.45, 7) is 0. The molecule has 7 heteroatoms. The summed E-state index contributed by atoms with van der Waals surface area (Å²) in [7, 11) is -4.33. The van der Waals surface area contributed by atoms with Gasteiger partial charge < -0.3 is 4.98 Å². The molecule has 104 valence electrons. The van der Waals surface area contributed by atoms with E-state index in [1.807, 2.05) is 36.4 Å². The van der Waals surface area contributed by atoms with Gasteiger partial charge in [0.15, 0.2) is 0 Å². The zero-order valence-corrected chi connectivity index (χ0v) is 11.0. The molecule has 0 fully saturated rings. The third-order valence-corrected chi connectivity index (χ3v) is 3.50. The highest BCUT2D eigenvalue weighted by molar-refractivity contribution is 7.85. The zero-order chi connectivity index (χ0) is 13.5. The second-order valence-corrected chi connectivity index (χ2v) is 5.42. The molecule has 0 aliphatic rings. The van der Waals surface area contributed by atoms with Crippen LogP contribution >= 0.6 is 0 Å². The molecule has 0 bridgehead atoms. The second-order valence-electron chi connectivity index (χ2n) is 4.08. The molecular formula is C13H11FN2O3S. The monoisotopic (exact) mass is 294 g/mol. The van der Waals surface area contributed by atoms with Gasteiger partial charge >= 0.3 is 10.1 Å². The van der Waals surface area contributed by atoms with Crippen LogP contribution in [0.1, 0.15) is 0 Å². The fraction of sp³-hybridized carbons (Fsp3) is 0. The molecule has 0 aliphatic heterocycles. The van der Waals surface area contributed by atoms with Crippen molar-refractivity contribution < 1.29 is 17.7 Å². The van der Waals surface area contributed by atoms with Gasteiger partial charge in [0.1, 0.15) is 0 Å². The van der Waals surface area contributed by atoms with Gasteiger partial charge in [-0.25, -0.2) is 4.98 Å². The number of H-pyrrole nitrogens is 1. The minimum Gasteiger partial charge on any atom is -0.327 e. The van der Waals surface area contributed by atoms with Crippen molar-refractivity contribution in [2.75, 3.05) is 0 Å². The lowest BCUT2D eigenvalue weighted by molar-refractivity contribution is 0.476. The van der Waals surface area contributed by atoms with Crippen molar-refractivity contribution in [3.05, 3.63) is 48.5 Å². The highest BCUT2D eigenvalue weighted by atomic mass is 32.2. The van der Waals surface area contributed by atoms with E-state index < -0.39 is 15.3 Å². The van der Waals surface area contributed by atoms with Crippen LogP contribution in [0.3, 0.4) is 0 Å². The van der Waals surface area contributed by atoms with E-state index in [0.717, 1.165) is 11.1 Å². The van der Waals surface area contributed by atoms with E-state index in [1.165, 1.54) is 0 Å². The van der Waals surface area contributed by atoms with Crippen LogP contribution in [0.2, 0.25) is 0 Å². The Balaban J connectivity index is 0.00000147. The molecule has 0 aliphatic carbocycles. The molecule has 0 amide bonds. The highest BCUT2D eigenvalue weighted by Gasteiger charge is 2.17. The van der Waals surface area contributed by atoms with Gasteiger partial charge in [-0.2, -0.15) is 8.42 Å². The van der Waals surface area contributed by atoms with Crippen molar-refractivity contribution in [2.24, 2.45) is 0 Å². The third kappa shape index (κ3) is 2.40. The van der Waals surface area contributed by atoms with Crippen molar-refractivity contribution >= 4 is 21.2 Å². The van der Waals surface area contributed by atoms with Gasteiger partial charge in [-0.3, -0.25) is 9.26 Å². The van der Waals surface area contributed by atoms with Gasteiger partial charge in [0, 0.05) is 5.56 Å². The number of para-hydroxylation sites is 1. The van der Waals surface area contributed by atoms with Crippen LogP contribution in [0.15, 0.2) is 53.7 Å². The Labute approximate surface area is 114 Å². The maximum Gasteiger partial charge on any atom is 0.328 e. The van der Waals surface area contributed by atoms with Gasteiger partial charge in [-0.15, -0.1) is 0 Å². The first kappa shape index (κ1) is 14.2. The number of imidazole rings is 1. The number of benzene rings is 2. The molecule has 2 N–H and O–H groups in total. The van der Waals surface area contributed by atoms with E-state index in [4.69, 9.17) is 4.55 Å². The fourth-order valence-electron chi connectivity index (χ4n) is 1.98. The second kappa shape index (κ2) is 5.03. The Morgan fingerprint density at radius 3 is 2.35 bits per heavy atom. The molecule has 0 radical (unpaired) electrons. The van der Waals surface area contributed by atoms with Gasteiger partial charge in [-0.1, -0.05) is 42.5 Å². The fourth-order valence-corrected chi connectivity index (χ4v) is 2.43. The standard InChI is InChI=1S/C13H10N2O3S.FH/c16-19(17,18)13-14-11-8-4-7-10(12(11)15-13)9-5-2-1-3-6-9;/h1-8H,(H,14,15)(H,16,17,18);1H. The number of fused-ring (bicyclic) bond motifs is 1. The summed E-state index contributed by atoms with van der Waals surface area (Å²) in [6, 6.07) is 14.9. The first-order valence-electron chi connectivity index (χ1n) is 5.57. The molecule has 0 saturated heterocycles. The molecule has 2 aromatic carbocycles. The topological polar surface area (TPSA) is 83.1 Å². The number of halogens is 1. The van der Waals surface area contributed by atoms with Crippen LogP contribution in [0.25, 0.3) is 22.2 Å². The van der Waals surface area contributed by atoms with Crippen LogP contribution in [0.4, 0.5) is 4.70 Å². The molecule has 20 heavy (non-hydrogen) atoms. The summed E-state index contributed by atoms with van der Waals surface area (Å²) in [6.07, 6.45) is 0. The SMILES string of the molecule is F.O=S(=O)(O)c1nc2c(-c3ccccc3)cccc2[nH]1. The third-order valence-electron chi connectivity index (χ3n) is 2.82. The van der Waals surface area contributed by atoms with Crippen molar-refractivity contribution in [3.8, 4) is 11.1 Å². The smallest absolute Gasteiger partial charge is 0.327 e. The Bertz CT molecular complexity index is 844. The molecule has 1 aromatic heterocycles. The van der Waals surface area contributed by atoms with Crippen molar-refractivity contribution in [2.45, 2.75) is 5.16 Å². The van der Waals surface area contributed by atoms with E-state index in [9.17, 15) is 8.42 Å². The quantitative estimate of drug-likeness (QED) is 0.712. The molecule has 0 atom stereocenters. The van der Waals surface area contributed by atoms with Crippen LogP contribution < -0.4 is 0 Å². The number of nitrogens with zero attached hydrogens (tertiary/aromatic N) is 1. The number of nitrogens with one attached hydrogen (secondary N) is 1. The predicted octanol–water partition coefficient (Wildman–Crippen LogP) is 2.63. The van der Waals surface area contributed by atoms with Crippen LogP contribution in [-0.4, -0.2) is 22.9 Å². The normalized spacial score (nSPS) is 11.2. The average molecular weight is 294 g/mol. The van der Waals surface area contributed by atoms with E-state index in [1.54, 1.807) is 12.1 Å². The first-order valence-corrected chi connectivity index (χ1v) is 7.01. The summed E-state index contributed by atoms with van der Waals surface area (Å²) in [4.78, 5) is 6.56. The van der Waals surface area contributed by atoms with Crippen LogP contribution in [-0.2, 0) is 10.1 Å². The molecule has 0 saturated carbocycles. The Morgan fingerprint density at radius 1 is 1.00 bits per heavy atom. The molecule has 0 spiro atoms. The summed E-state index contributed by atoms with van der Waals surface area (Å²) in [5, 5.41) is -0.439. The summed E-state index contributed by atoms with van der Waals surface area (Å²) >= 11 is 0. The minimum absolute atomic E-state index is 0. The molecular weight excluding hydrogens is 283 g/mol. The maximum atomic E-state index is 11.1. The van der Waals surface area contributed by atoms with Crippen LogP contribution in [0, 0.1) is 0 Å². The highest BCUT2D eigenvalue weighted by Crippen LogP contribution is 2.27. The molecule has 5 nitrogen and oxygen atoms in total.